The van der Waals surface area contributed by atoms with Crippen LogP contribution in [-0.2, 0) is 16.0 Å². The van der Waals surface area contributed by atoms with Crippen LogP contribution >= 0.6 is 15.9 Å². The van der Waals surface area contributed by atoms with Crippen molar-refractivity contribution in [2.45, 2.75) is 12.8 Å². The van der Waals surface area contributed by atoms with E-state index in [2.05, 4.69) is 15.9 Å². The molecule has 0 N–H and O–H groups in total. The number of rotatable bonds is 2. The molecular weight excluding hydrogens is 275 g/mol. The van der Waals surface area contributed by atoms with Crippen LogP contribution in [0.2, 0.25) is 0 Å². The summed E-state index contributed by atoms with van der Waals surface area (Å²) in [4.78, 5) is 11.6. The van der Waals surface area contributed by atoms with Crippen LogP contribution in [0.1, 0.15) is 12.0 Å². The van der Waals surface area contributed by atoms with Crippen LogP contribution in [0.15, 0.2) is 22.7 Å². The van der Waals surface area contributed by atoms with Gasteiger partial charge >= 0.3 is 0 Å². The number of hydrogen-bond acceptors (Lipinski definition) is 2. The molecule has 1 aromatic carbocycles. The van der Waals surface area contributed by atoms with E-state index in [0.29, 0.717) is 30.5 Å². The van der Waals surface area contributed by atoms with Crippen molar-refractivity contribution in [3.63, 3.8) is 0 Å². The zero-order valence-electron chi connectivity index (χ0n) is 8.71. The quantitative estimate of drug-likeness (QED) is 0.836. The van der Waals surface area contributed by atoms with Gasteiger partial charge in [0, 0.05) is 12.3 Å². The molecule has 1 heterocycles. The van der Waals surface area contributed by atoms with Crippen LogP contribution in [0.4, 0.5) is 4.39 Å². The Morgan fingerprint density at radius 2 is 2.31 bits per heavy atom. The number of carbonyl (C=O) groups is 1. The van der Waals surface area contributed by atoms with Gasteiger partial charge < -0.3 is 4.74 Å². The third kappa shape index (κ3) is 2.50. The van der Waals surface area contributed by atoms with Gasteiger partial charge in [0.1, 0.15) is 11.6 Å². The van der Waals surface area contributed by atoms with Gasteiger partial charge in [-0.15, -0.1) is 0 Å². The number of hydrogen-bond donors (Lipinski definition) is 0. The molecule has 4 heteroatoms. The molecule has 2 rings (SSSR count). The fourth-order valence-corrected chi connectivity index (χ4v) is 2.27. The maximum absolute atomic E-state index is 13.3. The maximum atomic E-state index is 13.3. The van der Waals surface area contributed by atoms with Gasteiger partial charge in [-0.1, -0.05) is 12.1 Å². The van der Waals surface area contributed by atoms with Crippen molar-refractivity contribution in [2.75, 3.05) is 13.2 Å². The van der Waals surface area contributed by atoms with Gasteiger partial charge in [-0.25, -0.2) is 4.39 Å². The molecule has 0 aromatic heterocycles. The maximum Gasteiger partial charge on any atom is 0.140 e. The third-order valence-electron chi connectivity index (χ3n) is 2.77. The van der Waals surface area contributed by atoms with Crippen molar-refractivity contribution in [3.8, 4) is 0 Å². The second-order valence-electron chi connectivity index (χ2n) is 3.91. The normalized spacial score (nSPS) is 21.1. The summed E-state index contributed by atoms with van der Waals surface area (Å²) < 4.78 is 19.0. The van der Waals surface area contributed by atoms with E-state index in [1.807, 2.05) is 6.07 Å². The van der Waals surface area contributed by atoms with E-state index in [0.717, 1.165) is 5.56 Å². The molecule has 1 aromatic rings. The molecule has 0 amide bonds. The Balaban J connectivity index is 2.14. The Kier molecular flexibility index (Phi) is 3.71. The molecule has 0 bridgehead atoms. The summed E-state index contributed by atoms with van der Waals surface area (Å²) in [7, 11) is 0. The Hall–Kier alpha value is -0.740. The number of Topliss-reactive ketones (excluding diaryl/α,β-unsaturated/α-hetero) is 1. The zero-order chi connectivity index (χ0) is 11.5. The summed E-state index contributed by atoms with van der Waals surface area (Å²) in [6.45, 7) is 0.960. The molecule has 0 radical (unpaired) electrons. The molecule has 0 aliphatic carbocycles. The number of halogens is 2. The lowest BCUT2D eigenvalue weighted by atomic mass is 9.93. The summed E-state index contributed by atoms with van der Waals surface area (Å²) in [5.74, 6) is -0.212. The average molecular weight is 287 g/mol. The van der Waals surface area contributed by atoms with Crippen LogP contribution in [0.5, 0.6) is 0 Å². The zero-order valence-corrected chi connectivity index (χ0v) is 10.3. The van der Waals surface area contributed by atoms with Crippen LogP contribution in [-0.4, -0.2) is 19.0 Å². The molecule has 1 aliphatic rings. The first-order valence-corrected chi connectivity index (χ1v) is 6.01. The summed E-state index contributed by atoms with van der Waals surface area (Å²) in [6.07, 6.45) is 1.01. The highest BCUT2D eigenvalue weighted by Crippen LogP contribution is 2.24. The molecule has 1 unspecified atom stereocenters. The minimum atomic E-state index is -0.290. The number of benzene rings is 1. The lowest BCUT2D eigenvalue weighted by molar-refractivity contribution is -0.130. The largest absolute Gasteiger partial charge is 0.380 e. The van der Waals surface area contributed by atoms with Crippen molar-refractivity contribution in [2.24, 2.45) is 5.92 Å². The van der Waals surface area contributed by atoms with Crippen molar-refractivity contribution in [1.29, 1.82) is 0 Å². The van der Waals surface area contributed by atoms with Gasteiger partial charge in [0.05, 0.1) is 17.7 Å². The number of carbonyl (C=O) groups excluding carboxylic acids is 1. The van der Waals surface area contributed by atoms with Crippen molar-refractivity contribution < 1.29 is 13.9 Å². The van der Waals surface area contributed by atoms with E-state index >= 15 is 0 Å². The number of ketones is 1. The minimum absolute atomic E-state index is 0.133. The van der Waals surface area contributed by atoms with Gasteiger partial charge in [-0.3, -0.25) is 4.79 Å². The van der Waals surface area contributed by atoms with E-state index in [-0.39, 0.29) is 17.5 Å². The predicted molar refractivity (Wildman–Crippen MR) is 61.7 cm³/mol. The topological polar surface area (TPSA) is 26.3 Å². The lowest BCUT2D eigenvalue weighted by Crippen LogP contribution is -2.29. The van der Waals surface area contributed by atoms with Gasteiger partial charge in [-0.05, 0) is 34.0 Å². The summed E-state index contributed by atoms with van der Waals surface area (Å²) >= 11 is 3.20. The number of ether oxygens (including phenoxy) is 1. The van der Waals surface area contributed by atoms with Gasteiger partial charge in [0.25, 0.3) is 0 Å². The van der Waals surface area contributed by atoms with Crippen molar-refractivity contribution >= 4 is 21.7 Å². The molecule has 1 fully saturated rings. The average Bonchev–Trinajstić information content (AvgIpc) is 2.28. The smallest absolute Gasteiger partial charge is 0.140 e. The highest BCUT2D eigenvalue weighted by molar-refractivity contribution is 9.10. The van der Waals surface area contributed by atoms with Gasteiger partial charge in [0.2, 0.25) is 0 Å². The lowest BCUT2D eigenvalue weighted by Gasteiger charge is -2.21. The second kappa shape index (κ2) is 5.06. The summed E-state index contributed by atoms with van der Waals surface area (Å²) in [5.41, 5.74) is 0.823. The Labute approximate surface area is 102 Å². The fourth-order valence-electron chi connectivity index (χ4n) is 1.84. The van der Waals surface area contributed by atoms with Crippen LogP contribution < -0.4 is 0 Å². The predicted octanol–water partition coefficient (Wildman–Crippen LogP) is 2.74. The highest BCUT2D eigenvalue weighted by Gasteiger charge is 2.24. The summed E-state index contributed by atoms with van der Waals surface area (Å²) in [6, 6.07) is 4.88. The van der Waals surface area contributed by atoms with E-state index in [1.165, 1.54) is 6.07 Å². The van der Waals surface area contributed by atoms with E-state index < -0.39 is 0 Å². The molecule has 86 valence electrons. The standard InChI is InChI=1S/C12H12BrFO2/c13-12-8(2-1-3-10(12)14)6-9-7-16-5-4-11(9)15/h1-3,9H,4-7H2. The SMILES string of the molecule is O=C1CCOCC1Cc1cccc(F)c1Br. The second-order valence-corrected chi connectivity index (χ2v) is 4.70. The van der Waals surface area contributed by atoms with Crippen LogP contribution in [0.3, 0.4) is 0 Å². The molecule has 2 nitrogen and oxygen atoms in total. The molecule has 1 aliphatic heterocycles. The van der Waals surface area contributed by atoms with E-state index in [4.69, 9.17) is 4.74 Å². The van der Waals surface area contributed by atoms with Crippen molar-refractivity contribution in [3.05, 3.63) is 34.1 Å². The van der Waals surface area contributed by atoms with Gasteiger partial charge in [0.15, 0.2) is 0 Å². The van der Waals surface area contributed by atoms with Crippen LogP contribution in [0.25, 0.3) is 0 Å². The Morgan fingerprint density at radius 1 is 1.50 bits per heavy atom. The van der Waals surface area contributed by atoms with Gasteiger partial charge in [-0.2, -0.15) is 0 Å². The van der Waals surface area contributed by atoms with E-state index in [9.17, 15) is 9.18 Å². The van der Waals surface area contributed by atoms with Crippen molar-refractivity contribution in [1.82, 2.24) is 0 Å². The van der Waals surface area contributed by atoms with Crippen LogP contribution in [0, 0.1) is 11.7 Å². The highest BCUT2D eigenvalue weighted by atomic mass is 79.9. The minimum Gasteiger partial charge on any atom is -0.380 e. The summed E-state index contributed by atoms with van der Waals surface area (Å²) in [5, 5.41) is 0. The first kappa shape index (κ1) is 11.7. The molecule has 0 spiro atoms. The molecule has 0 saturated carbocycles. The molecule has 16 heavy (non-hydrogen) atoms. The first-order chi connectivity index (χ1) is 7.68. The fraction of sp³-hybridized carbons (Fsp3) is 0.417. The monoisotopic (exact) mass is 286 g/mol. The molecular formula is C12H12BrFO2. The Morgan fingerprint density at radius 3 is 3.06 bits per heavy atom. The molecule has 1 saturated heterocycles. The van der Waals surface area contributed by atoms with E-state index in [1.54, 1.807) is 6.07 Å². The Bertz CT molecular complexity index is 406. The first-order valence-electron chi connectivity index (χ1n) is 5.22. The third-order valence-corrected chi connectivity index (χ3v) is 3.65. The molecule has 1 atom stereocenters.